The normalized spacial score (nSPS) is 13.4. The van der Waals surface area contributed by atoms with Crippen LogP contribution >= 0.6 is 0 Å². The van der Waals surface area contributed by atoms with Gasteiger partial charge in [-0.1, -0.05) is 19.9 Å². The smallest absolute Gasteiger partial charge is 0.275 e. The van der Waals surface area contributed by atoms with Crippen molar-refractivity contribution in [3.63, 3.8) is 0 Å². The first-order valence-electron chi connectivity index (χ1n) is 5.85. The van der Waals surface area contributed by atoms with Crippen LogP contribution in [0.1, 0.15) is 29.8 Å². The second kappa shape index (κ2) is 5.19. The van der Waals surface area contributed by atoms with Gasteiger partial charge in [0.15, 0.2) is 0 Å². The summed E-state index contributed by atoms with van der Waals surface area (Å²) in [7, 11) is 0. The summed E-state index contributed by atoms with van der Waals surface area (Å²) in [5.41, 5.74) is 4.08. The molecule has 1 aliphatic heterocycles. The summed E-state index contributed by atoms with van der Waals surface area (Å²) in [5.74, 6) is 0.995. The lowest BCUT2D eigenvalue weighted by Gasteiger charge is -2.09. The number of carbonyl (C=O) groups is 1. The molecule has 17 heavy (non-hydrogen) atoms. The molecule has 0 unspecified atom stereocenters. The van der Waals surface area contributed by atoms with Crippen LogP contribution in [-0.4, -0.2) is 19.1 Å². The molecule has 1 heterocycles. The molecule has 0 atom stereocenters. The van der Waals surface area contributed by atoms with Gasteiger partial charge in [-0.25, -0.2) is 5.48 Å². The van der Waals surface area contributed by atoms with E-state index < -0.39 is 0 Å². The molecule has 4 heteroatoms. The van der Waals surface area contributed by atoms with Crippen molar-refractivity contribution in [3.8, 4) is 5.75 Å². The van der Waals surface area contributed by atoms with Gasteiger partial charge in [0.05, 0.1) is 13.2 Å². The Balaban J connectivity index is 2.02. The molecule has 0 aromatic heterocycles. The SMILES string of the molecule is CC(C)CONC(=O)c1cccc2c1CCO2. The zero-order valence-electron chi connectivity index (χ0n) is 10.2. The first kappa shape index (κ1) is 11.9. The standard InChI is InChI=1S/C13H17NO3/c1-9(2)8-17-14-13(15)11-4-3-5-12-10(11)6-7-16-12/h3-5,9H,6-8H2,1-2H3,(H,14,15). The van der Waals surface area contributed by atoms with Crippen molar-refractivity contribution in [2.45, 2.75) is 20.3 Å². The van der Waals surface area contributed by atoms with Crippen molar-refractivity contribution in [3.05, 3.63) is 29.3 Å². The number of hydrogen-bond acceptors (Lipinski definition) is 3. The number of nitrogens with one attached hydrogen (secondary N) is 1. The summed E-state index contributed by atoms with van der Waals surface area (Å²) in [6, 6.07) is 5.50. The Kier molecular flexibility index (Phi) is 3.64. The minimum Gasteiger partial charge on any atom is -0.493 e. The van der Waals surface area contributed by atoms with Crippen molar-refractivity contribution in [2.24, 2.45) is 5.92 Å². The lowest BCUT2D eigenvalue weighted by Crippen LogP contribution is -2.26. The van der Waals surface area contributed by atoms with Crippen LogP contribution in [0.15, 0.2) is 18.2 Å². The fourth-order valence-corrected chi connectivity index (χ4v) is 1.76. The van der Waals surface area contributed by atoms with Crippen LogP contribution in [0.4, 0.5) is 0 Å². The minimum absolute atomic E-state index is 0.201. The van der Waals surface area contributed by atoms with Gasteiger partial charge in [0.25, 0.3) is 5.91 Å². The number of amides is 1. The molecule has 0 spiro atoms. The monoisotopic (exact) mass is 235 g/mol. The van der Waals surface area contributed by atoms with Crippen LogP contribution < -0.4 is 10.2 Å². The van der Waals surface area contributed by atoms with Gasteiger partial charge in [-0.15, -0.1) is 0 Å². The van der Waals surface area contributed by atoms with Gasteiger partial charge < -0.3 is 4.74 Å². The highest BCUT2D eigenvalue weighted by Crippen LogP contribution is 2.27. The molecule has 92 valence electrons. The molecule has 4 nitrogen and oxygen atoms in total. The number of benzene rings is 1. The molecule has 1 aliphatic rings. The van der Waals surface area contributed by atoms with E-state index in [1.807, 2.05) is 26.0 Å². The van der Waals surface area contributed by atoms with Gasteiger partial charge >= 0.3 is 0 Å². The summed E-state index contributed by atoms with van der Waals surface area (Å²) in [6.07, 6.45) is 0.781. The number of carbonyl (C=O) groups excluding carboxylic acids is 1. The summed E-state index contributed by atoms with van der Waals surface area (Å²) in [4.78, 5) is 17.0. The van der Waals surface area contributed by atoms with Crippen LogP contribution in [-0.2, 0) is 11.3 Å². The molecule has 1 aromatic carbocycles. The van der Waals surface area contributed by atoms with E-state index in [9.17, 15) is 4.79 Å². The number of rotatable bonds is 4. The Labute approximate surface area is 101 Å². The molecule has 1 aromatic rings. The van der Waals surface area contributed by atoms with Gasteiger partial charge in [0.1, 0.15) is 5.75 Å². The Morgan fingerprint density at radius 1 is 1.53 bits per heavy atom. The highest BCUT2D eigenvalue weighted by Gasteiger charge is 2.19. The highest BCUT2D eigenvalue weighted by atomic mass is 16.6. The second-order valence-corrected chi connectivity index (χ2v) is 4.52. The molecule has 0 radical (unpaired) electrons. The summed E-state index contributed by atoms with van der Waals surface area (Å²) >= 11 is 0. The van der Waals surface area contributed by atoms with E-state index >= 15 is 0 Å². The molecule has 2 rings (SSSR count). The maximum atomic E-state index is 11.9. The van der Waals surface area contributed by atoms with Crippen LogP contribution in [0.2, 0.25) is 0 Å². The summed E-state index contributed by atoms with van der Waals surface area (Å²) < 4.78 is 5.41. The Hall–Kier alpha value is -1.55. The molecular weight excluding hydrogens is 218 g/mol. The van der Waals surface area contributed by atoms with Crippen LogP contribution in [0.3, 0.4) is 0 Å². The minimum atomic E-state index is -0.201. The Morgan fingerprint density at radius 2 is 2.35 bits per heavy atom. The van der Waals surface area contributed by atoms with E-state index in [2.05, 4.69) is 5.48 Å². The zero-order valence-corrected chi connectivity index (χ0v) is 10.2. The van der Waals surface area contributed by atoms with E-state index in [1.165, 1.54) is 0 Å². The number of fused-ring (bicyclic) bond motifs is 1. The molecule has 0 saturated heterocycles. The van der Waals surface area contributed by atoms with E-state index in [1.54, 1.807) is 6.07 Å². The van der Waals surface area contributed by atoms with Crippen molar-refractivity contribution < 1.29 is 14.4 Å². The van der Waals surface area contributed by atoms with E-state index in [0.29, 0.717) is 24.7 Å². The third kappa shape index (κ3) is 2.77. The maximum absolute atomic E-state index is 11.9. The van der Waals surface area contributed by atoms with E-state index in [0.717, 1.165) is 17.7 Å². The third-order valence-electron chi connectivity index (χ3n) is 2.57. The van der Waals surface area contributed by atoms with E-state index in [-0.39, 0.29) is 5.91 Å². The van der Waals surface area contributed by atoms with Gasteiger partial charge in [0.2, 0.25) is 0 Å². The van der Waals surface area contributed by atoms with Gasteiger partial charge in [-0.05, 0) is 18.1 Å². The lowest BCUT2D eigenvalue weighted by molar-refractivity contribution is 0.0208. The van der Waals surface area contributed by atoms with E-state index in [4.69, 9.17) is 9.57 Å². The molecule has 0 saturated carbocycles. The molecule has 1 N–H and O–H groups in total. The predicted molar refractivity (Wildman–Crippen MR) is 63.9 cm³/mol. The Bertz CT molecular complexity index is 415. The molecule has 0 bridgehead atoms. The number of hydroxylamine groups is 1. The summed E-state index contributed by atoms with van der Waals surface area (Å²) in [5, 5.41) is 0. The fourth-order valence-electron chi connectivity index (χ4n) is 1.76. The largest absolute Gasteiger partial charge is 0.493 e. The van der Waals surface area contributed by atoms with Crippen molar-refractivity contribution >= 4 is 5.91 Å². The average Bonchev–Trinajstić information content (AvgIpc) is 2.75. The molecular formula is C13H17NO3. The van der Waals surface area contributed by atoms with Gasteiger partial charge in [0, 0.05) is 17.5 Å². The van der Waals surface area contributed by atoms with Crippen molar-refractivity contribution in [1.82, 2.24) is 5.48 Å². The van der Waals surface area contributed by atoms with Crippen molar-refractivity contribution in [2.75, 3.05) is 13.2 Å². The highest BCUT2D eigenvalue weighted by molar-refractivity contribution is 5.95. The van der Waals surface area contributed by atoms with Crippen LogP contribution in [0, 0.1) is 5.92 Å². The number of ether oxygens (including phenoxy) is 1. The second-order valence-electron chi connectivity index (χ2n) is 4.52. The zero-order chi connectivity index (χ0) is 12.3. The quantitative estimate of drug-likeness (QED) is 0.811. The predicted octanol–water partition coefficient (Wildman–Crippen LogP) is 1.94. The molecule has 1 amide bonds. The first-order chi connectivity index (χ1) is 8.18. The maximum Gasteiger partial charge on any atom is 0.275 e. The summed E-state index contributed by atoms with van der Waals surface area (Å²) in [6.45, 7) is 5.21. The lowest BCUT2D eigenvalue weighted by atomic mass is 10.1. The average molecular weight is 235 g/mol. The molecule has 0 aliphatic carbocycles. The van der Waals surface area contributed by atoms with Crippen molar-refractivity contribution in [1.29, 1.82) is 0 Å². The number of hydrogen-bond donors (Lipinski definition) is 1. The van der Waals surface area contributed by atoms with Crippen LogP contribution in [0.25, 0.3) is 0 Å². The van der Waals surface area contributed by atoms with Gasteiger partial charge in [-0.2, -0.15) is 0 Å². The van der Waals surface area contributed by atoms with Crippen LogP contribution in [0.5, 0.6) is 5.75 Å². The Morgan fingerprint density at radius 3 is 3.12 bits per heavy atom. The topological polar surface area (TPSA) is 47.6 Å². The third-order valence-corrected chi connectivity index (χ3v) is 2.57. The molecule has 0 fully saturated rings. The first-order valence-corrected chi connectivity index (χ1v) is 5.85. The fraction of sp³-hybridized carbons (Fsp3) is 0.462. The van der Waals surface area contributed by atoms with Gasteiger partial charge in [-0.3, -0.25) is 9.63 Å².